The number of esters is 4. The van der Waals surface area contributed by atoms with Gasteiger partial charge in [0.2, 0.25) is 0 Å². The molecule has 4 aliphatic carbocycles. The van der Waals surface area contributed by atoms with Crippen molar-refractivity contribution in [1.29, 1.82) is 10.5 Å². The standard InChI is InChI=1S/C62H76N2O10/c1-3-57(65)71-43-11-7-5-9-41-69-55-31-37-61(38-32-55,35-29-47-13-17-49(45-63)18-14-47)73-59(67)53-25-21-51(22-26-53)52-23-27-54(28-24-52)60(68)74-62(36-30-48-15-19-50(46-64)20-16-48)39-33-56(34-40-62)70-42-10-6-8-12-44-72-58(66)4-2/h3-4,13-20,51-56H,1-2,5-12,21-28,31-34,37-44H2. The number of benzene rings is 2. The Morgan fingerprint density at radius 2 is 0.797 bits per heavy atom. The quantitative estimate of drug-likeness (QED) is 0.0340. The van der Waals surface area contributed by atoms with Crippen molar-refractivity contribution in [2.45, 2.75) is 178 Å². The molecule has 0 amide bonds. The van der Waals surface area contributed by atoms with E-state index in [1.807, 2.05) is 24.3 Å². The summed E-state index contributed by atoms with van der Waals surface area (Å²) in [5, 5.41) is 18.6. The van der Waals surface area contributed by atoms with Gasteiger partial charge in [-0.25, -0.2) is 9.59 Å². The number of hydrogen-bond donors (Lipinski definition) is 0. The van der Waals surface area contributed by atoms with Gasteiger partial charge in [-0.05, 0) is 188 Å². The predicted molar refractivity (Wildman–Crippen MR) is 280 cm³/mol. The Bertz CT molecular complexity index is 2190. The molecule has 0 heterocycles. The fourth-order valence-electron chi connectivity index (χ4n) is 10.9. The monoisotopic (exact) mass is 1010 g/mol. The molecule has 0 bridgehead atoms. The SMILES string of the molecule is C=CC(=O)OCCCCCCOC1CCC(C#Cc2ccc(C#N)cc2)(OC(=O)C2CCC(C3CCC(C(=O)OC4(C#Cc5ccc(C#N)cc5)CCC(OCCCCCCOC(=O)C=C)CC4)CC3)CC2)CC1. The fourth-order valence-corrected chi connectivity index (χ4v) is 10.9. The maximum Gasteiger partial charge on any atom is 0.330 e. The van der Waals surface area contributed by atoms with Gasteiger partial charge in [-0.1, -0.05) is 37.8 Å². The lowest BCUT2D eigenvalue weighted by Gasteiger charge is -2.40. The highest BCUT2D eigenvalue weighted by Crippen LogP contribution is 2.44. The van der Waals surface area contributed by atoms with Crippen LogP contribution in [0, 0.1) is 70.0 Å². The third-order valence-electron chi connectivity index (χ3n) is 15.5. The smallest absolute Gasteiger partial charge is 0.330 e. The largest absolute Gasteiger partial charge is 0.463 e. The van der Waals surface area contributed by atoms with E-state index < -0.39 is 23.1 Å². The van der Waals surface area contributed by atoms with Gasteiger partial charge in [0.15, 0.2) is 11.2 Å². The first-order valence-corrected chi connectivity index (χ1v) is 27.4. The molecule has 4 aliphatic rings. The minimum atomic E-state index is -0.911. The lowest BCUT2D eigenvalue weighted by molar-refractivity contribution is -0.167. The van der Waals surface area contributed by atoms with Gasteiger partial charge in [-0.15, -0.1) is 0 Å². The molecule has 6 rings (SSSR count). The summed E-state index contributed by atoms with van der Waals surface area (Å²) in [4.78, 5) is 50.5. The third kappa shape index (κ3) is 18.6. The van der Waals surface area contributed by atoms with Crippen LogP contribution in [0.25, 0.3) is 0 Å². The van der Waals surface area contributed by atoms with E-state index in [9.17, 15) is 29.7 Å². The van der Waals surface area contributed by atoms with Crippen LogP contribution in [0.4, 0.5) is 0 Å². The summed E-state index contributed by atoms with van der Waals surface area (Å²) in [5.74, 6) is 12.8. The first-order chi connectivity index (χ1) is 36.0. The third-order valence-corrected chi connectivity index (χ3v) is 15.5. The molecule has 0 unspecified atom stereocenters. The van der Waals surface area contributed by atoms with Crippen molar-refractivity contribution in [2.24, 2.45) is 23.7 Å². The van der Waals surface area contributed by atoms with Crippen LogP contribution in [0.15, 0.2) is 73.8 Å². The van der Waals surface area contributed by atoms with Gasteiger partial charge in [0.05, 0.1) is 60.5 Å². The number of carbonyl (C=O) groups excluding carboxylic acids is 4. The zero-order chi connectivity index (χ0) is 52.4. The van der Waals surface area contributed by atoms with Gasteiger partial charge in [0.25, 0.3) is 0 Å². The summed E-state index contributed by atoms with van der Waals surface area (Å²) >= 11 is 0. The van der Waals surface area contributed by atoms with Crippen LogP contribution in [-0.2, 0) is 47.6 Å². The number of unbranched alkanes of at least 4 members (excludes halogenated alkanes) is 6. The molecular weight excluding hydrogens is 933 g/mol. The number of rotatable bonds is 23. The second-order valence-electron chi connectivity index (χ2n) is 20.6. The topological polar surface area (TPSA) is 171 Å². The van der Waals surface area contributed by atoms with E-state index >= 15 is 0 Å². The van der Waals surface area contributed by atoms with Gasteiger partial charge >= 0.3 is 23.9 Å². The van der Waals surface area contributed by atoms with E-state index in [4.69, 9.17) is 28.4 Å². The molecule has 4 saturated carbocycles. The van der Waals surface area contributed by atoms with Crippen molar-refractivity contribution in [3.8, 4) is 35.8 Å². The molecule has 394 valence electrons. The molecular formula is C62H76N2O10. The Morgan fingerprint density at radius 3 is 1.12 bits per heavy atom. The summed E-state index contributed by atoms with van der Waals surface area (Å²) in [6.45, 7) is 8.93. The van der Waals surface area contributed by atoms with E-state index in [0.29, 0.717) is 75.1 Å². The summed E-state index contributed by atoms with van der Waals surface area (Å²) in [6.07, 6.45) is 22.0. The molecule has 0 radical (unpaired) electrons. The number of hydrogen-bond acceptors (Lipinski definition) is 12. The van der Waals surface area contributed by atoms with Gasteiger partial charge in [0, 0.05) is 62.2 Å². The molecule has 0 atom stereocenters. The molecule has 74 heavy (non-hydrogen) atoms. The van der Waals surface area contributed by atoms with Crippen LogP contribution in [0.5, 0.6) is 0 Å². The first-order valence-electron chi connectivity index (χ1n) is 27.4. The van der Waals surface area contributed by atoms with Gasteiger partial charge in [-0.3, -0.25) is 9.59 Å². The van der Waals surface area contributed by atoms with E-state index in [1.165, 1.54) is 12.2 Å². The predicted octanol–water partition coefficient (Wildman–Crippen LogP) is 11.5. The molecule has 4 fully saturated rings. The number of carbonyl (C=O) groups is 4. The zero-order valence-corrected chi connectivity index (χ0v) is 43.4. The Labute approximate surface area is 439 Å². The second-order valence-corrected chi connectivity index (χ2v) is 20.6. The van der Waals surface area contributed by atoms with Crippen LogP contribution in [0.3, 0.4) is 0 Å². The van der Waals surface area contributed by atoms with Crippen LogP contribution in [0.1, 0.15) is 176 Å². The number of nitriles is 2. The first kappa shape index (κ1) is 57.1. The fraction of sp³-hybridized carbons (Fsp3) is 0.581. The number of ether oxygens (including phenoxy) is 6. The summed E-state index contributed by atoms with van der Waals surface area (Å²) in [6, 6.07) is 18.6. The van der Waals surface area contributed by atoms with E-state index in [-0.39, 0.29) is 36.0 Å². The van der Waals surface area contributed by atoms with Crippen LogP contribution >= 0.6 is 0 Å². The Hall–Kier alpha value is -6.18. The molecule has 0 spiro atoms. The Balaban J connectivity index is 0.958. The molecule has 0 aromatic heterocycles. The molecule has 0 saturated heterocycles. The van der Waals surface area contributed by atoms with Gasteiger partial charge < -0.3 is 28.4 Å². The minimum absolute atomic E-state index is 0.0667. The summed E-state index contributed by atoms with van der Waals surface area (Å²) in [5.41, 5.74) is 0.839. The lowest BCUT2D eigenvalue weighted by atomic mass is 9.69. The van der Waals surface area contributed by atoms with Gasteiger partial charge in [-0.2, -0.15) is 10.5 Å². The van der Waals surface area contributed by atoms with Crippen molar-refractivity contribution in [1.82, 2.24) is 0 Å². The maximum absolute atomic E-state index is 14.0. The van der Waals surface area contributed by atoms with Crippen LogP contribution in [0.2, 0.25) is 0 Å². The van der Waals surface area contributed by atoms with E-state index in [1.54, 1.807) is 24.3 Å². The summed E-state index contributed by atoms with van der Waals surface area (Å²) < 4.78 is 35.6. The normalized spacial score (nSPS) is 25.4. The van der Waals surface area contributed by atoms with E-state index in [2.05, 4.69) is 49.0 Å². The highest BCUT2D eigenvalue weighted by molar-refractivity contribution is 5.81. The Morgan fingerprint density at radius 1 is 0.473 bits per heavy atom. The highest BCUT2D eigenvalue weighted by Gasteiger charge is 2.43. The average Bonchev–Trinajstić information content (AvgIpc) is 3.44. The molecule has 12 nitrogen and oxygen atoms in total. The average molecular weight is 1010 g/mol. The molecule has 0 N–H and O–H groups in total. The van der Waals surface area contributed by atoms with Crippen molar-refractivity contribution >= 4 is 23.9 Å². The second kappa shape index (κ2) is 30.3. The van der Waals surface area contributed by atoms with Crippen LogP contribution < -0.4 is 0 Å². The minimum Gasteiger partial charge on any atom is -0.463 e. The molecule has 2 aromatic carbocycles. The Kier molecular flexibility index (Phi) is 23.3. The van der Waals surface area contributed by atoms with Crippen molar-refractivity contribution in [2.75, 3.05) is 26.4 Å². The zero-order valence-electron chi connectivity index (χ0n) is 43.4. The van der Waals surface area contributed by atoms with Crippen molar-refractivity contribution in [3.05, 3.63) is 96.1 Å². The van der Waals surface area contributed by atoms with E-state index in [0.717, 1.165) is 140 Å². The highest BCUT2D eigenvalue weighted by atomic mass is 16.6. The van der Waals surface area contributed by atoms with Crippen molar-refractivity contribution < 1.29 is 47.6 Å². The molecule has 12 heteroatoms. The summed E-state index contributed by atoms with van der Waals surface area (Å²) in [7, 11) is 0. The molecule has 2 aromatic rings. The lowest BCUT2D eigenvalue weighted by Crippen LogP contribution is -2.42. The van der Waals surface area contributed by atoms with Crippen molar-refractivity contribution in [3.63, 3.8) is 0 Å². The number of nitrogens with zero attached hydrogens (tertiary/aromatic N) is 2. The maximum atomic E-state index is 14.0. The van der Waals surface area contributed by atoms with Gasteiger partial charge in [0.1, 0.15) is 0 Å². The molecule has 0 aliphatic heterocycles. The van der Waals surface area contributed by atoms with Crippen LogP contribution in [-0.4, -0.2) is 73.7 Å².